The van der Waals surface area contributed by atoms with E-state index in [9.17, 15) is 22.2 Å². The van der Waals surface area contributed by atoms with E-state index in [1.807, 2.05) is 0 Å². The average Bonchev–Trinajstić information content (AvgIpc) is 2.36. The molecule has 1 aliphatic heterocycles. The Morgan fingerprint density at radius 1 is 1.43 bits per heavy atom. The minimum absolute atomic E-state index is 0.155. The second kappa shape index (κ2) is 7.44. The molecule has 0 unspecified atom stereocenters. The normalized spacial score (nSPS) is 23.7. The van der Waals surface area contributed by atoms with E-state index >= 15 is 0 Å². The largest absolute Gasteiger partial charge is 0.401 e. The predicted octanol–water partition coefficient (Wildman–Crippen LogP) is 1.03. The molecule has 21 heavy (non-hydrogen) atoms. The van der Waals surface area contributed by atoms with E-state index in [0.29, 0.717) is 6.54 Å². The molecule has 0 bridgehead atoms. The van der Waals surface area contributed by atoms with Crippen LogP contribution < -0.4 is 5.32 Å². The molecule has 9 heteroatoms. The molecule has 1 heterocycles. The number of hydrogen-bond acceptors (Lipinski definition) is 3. The van der Waals surface area contributed by atoms with Crippen LogP contribution in [0.2, 0.25) is 0 Å². The fourth-order valence-electron chi connectivity index (χ4n) is 2.11. The summed E-state index contributed by atoms with van der Waals surface area (Å²) in [5.41, 5.74) is 0. The van der Waals surface area contributed by atoms with Gasteiger partial charge in [0.1, 0.15) is 0 Å². The molecule has 1 N–H and O–H groups in total. The van der Waals surface area contributed by atoms with Crippen molar-refractivity contribution in [1.82, 2.24) is 15.1 Å². The summed E-state index contributed by atoms with van der Waals surface area (Å²) >= 11 is 0. The fraction of sp³-hybridized carbons (Fsp3) is 0.917. The molecule has 1 fully saturated rings. The minimum atomic E-state index is -4.22. The number of hydrogen-bond donors (Lipinski definition) is 1. The molecule has 124 valence electrons. The van der Waals surface area contributed by atoms with Crippen LogP contribution in [0.3, 0.4) is 0 Å². The van der Waals surface area contributed by atoms with Gasteiger partial charge in [-0.2, -0.15) is 13.2 Å². The van der Waals surface area contributed by atoms with Crippen molar-refractivity contribution >= 4 is 16.8 Å². The van der Waals surface area contributed by atoms with E-state index in [4.69, 9.17) is 0 Å². The molecule has 1 saturated heterocycles. The van der Waals surface area contributed by atoms with Crippen LogP contribution in [0.15, 0.2) is 0 Å². The zero-order valence-electron chi connectivity index (χ0n) is 12.4. The minimum Gasteiger partial charge on any atom is -0.337 e. The first-order valence-corrected chi connectivity index (χ1v) is 8.38. The Bertz CT molecular complexity index is 392. The van der Waals surface area contributed by atoms with Gasteiger partial charge in [0.15, 0.2) is 0 Å². The SMILES string of the molecule is C[C@@H]1CN(C(=O)NC[C@H](C)[S@](C)=O)CCN1CC(F)(F)F. The van der Waals surface area contributed by atoms with Gasteiger partial charge in [0.25, 0.3) is 0 Å². The number of carbonyl (C=O) groups excluding carboxylic acids is 1. The van der Waals surface area contributed by atoms with Gasteiger partial charge in [0, 0.05) is 54.5 Å². The summed E-state index contributed by atoms with van der Waals surface area (Å²) in [5.74, 6) is 0. The Morgan fingerprint density at radius 2 is 2.05 bits per heavy atom. The molecule has 5 nitrogen and oxygen atoms in total. The number of carbonyl (C=O) groups is 1. The van der Waals surface area contributed by atoms with E-state index in [1.165, 1.54) is 9.80 Å². The molecule has 1 aliphatic rings. The summed E-state index contributed by atoms with van der Waals surface area (Å²) in [4.78, 5) is 14.8. The number of rotatable bonds is 4. The Balaban J connectivity index is 2.43. The zero-order valence-corrected chi connectivity index (χ0v) is 13.3. The van der Waals surface area contributed by atoms with Crippen LogP contribution in [0.4, 0.5) is 18.0 Å². The van der Waals surface area contributed by atoms with Gasteiger partial charge in [-0.15, -0.1) is 0 Å². The molecule has 0 spiro atoms. The number of piperazine rings is 1. The van der Waals surface area contributed by atoms with Crippen LogP contribution in [0.25, 0.3) is 0 Å². The third-order valence-electron chi connectivity index (χ3n) is 3.54. The lowest BCUT2D eigenvalue weighted by molar-refractivity contribution is -0.153. The lowest BCUT2D eigenvalue weighted by atomic mass is 10.2. The Kier molecular flexibility index (Phi) is 6.45. The highest BCUT2D eigenvalue weighted by molar-refractivity contribution is 7.84. The molecule has 2 amide bonds. The third kappa shape index (κ3) is 6.21. The highest BCUT2D eigenvalue weighted by Gasteiger charge is 2.35. The van der Waals surface area contributed by atoms with Gasteiger partial charge in [-0.25, -0.2) is 4.79 Å². The van der Waals surface area contributed by atoms with Crippen LogP contribution in [0.5, 0.6) is 0 Å². The van der Waals surface area contributed by atoms with Gasteiger partial charge >= 0.3 is 12.2 Å². The first kappa shape index (κ1) is 18.2. The van der Waals surface area contributed by atoms with Crippen molar-refractivity contribution in [3.8, 4) is 0 Å². The molecule has 0 radical (unpaired) electrons. The maximum atomic E-state index is 12.4. The molecule has 3 atom stereocenters. The summed E-state index contributed by atoms with van der Waals surface area (Å²) < 4.78 is 48.4. The molecule has 0 aromatic carbocycles. The van der Waals surface area contributed by atoms with Gasteiger partial charge in [0.05, 0.1) is 6.54 Å². The number of alkyl halides is 3. The van der Waals surface area contributed by atoms with Crippen molar-refractivity contribution in [2.75, 3.05) is 39.0 Å². The average molecular weight is 329 g/mol. The van der Waals surface area contributed by atoms with Crippen molar-refractivity contribution in [3.63, 3.8) is 0 Å². The van der Waals surface area contributed by atoms with Crippen LogP contribution in [-0.2, 0) is 10.8 Å². The Morgan fingerprint density at radius 3 is 2.52 bits per heavy atom. The Hall–Kier alpha value is -0.830. The fourth-order valence-corrected chi connectivity index (χ4v) is 2.42. The van der Waals surface area contributed by atoms with Gasteiger partial charge < -0.3 is 10.2 Å². The zero-order chi connectivity index (χ0) is 16.2. The van der Waals surface area contributed by atoms with E-state index in [1.54, 1.807) is 20.1 Å². The number of amides is 2. The van der Waals surface area contributed by atoms with Crippen LogP contribution in [-0.4, -0.2) is 76.5 Å². The van der Waals surface area contributed by atoms with Crippen LogP contribution >= 0.6 is 0 Å². The smallest absolute Gasteiger partial charge is 0.337 e. The van der Waals surface area contributed by atoms with Crippen molar-refractivity contribution in [3.05, 3.63) is 0 Å². The number of nitrogens with zero attached hydrogens (tertiary/aromatic N) is 2. The van der Waals surface area contributed by atoms with Crippen LogP contribution in [0.1, 0.15) is 13.8 Å². The van der Waals surface area contributed by atoms with E-state index in [0.717, 1.165) is 0 Å². The molecule has 0 aromatic rings. The molecule has 0 saturated carbocycles. The van der Waals surface area contributed by atoms with Crippen molar-refractivity contribution in [2.45, 2.75) is 31.3 Å². The number of nitrogens with one attached hydrogen (secondary N) is 1. The number of halogens is 3. The Labute approximate surface area is 125 Å². The molecule has 1 rings (SSSR count). The third-order valence-corrected chi connectivity index (χ3v) is 4.84. The predicted molar refractivity (Wildman–Crippen MR) is 75.6 cm³/mol. The highest BCUT2D eigenvalue weighted by Crippen LogP contribution is 2.20. The van der Waals surface area contributed by atoms with Gasteiger partial charge in [-0.1, -0.05) is 0 Å². The second-order valence-corrected chi connectivity index (χ2v) is 7.18. The topological polar surface area (TPSA) is 52.7 Å². The summed E-state index contributed by atoms with van der Waals surface area (Å²) in [5, 5.41) is 2.52. The van der Waals surface area contributed by atoms with Crippen LogP contribution in [0, 0.1) is 0 Å². The summed E-state index contributed by atoms with van der Waals surface area (Å²) in [6.07, 6.45) is -2.66. The first-order valence-electron chi connectivity index (χ1n) is 6.76. The lowest BCUT2D eigenvalue weighted by Crippen LogP contribution is -2.57. The standard InChI is InChI=1S/C12H22F3N3O2S/c1-9-7-17(4-5-18(9)8-12(13,14)15)11(19)16-6-10(2)21(3)20/h9-10H,4-8H2,1-3H3,(H,16,19)/t9-,10+,21+/m1/s1. The summed E-state index contributed by atoms with van der Waals surface area (Å²) in [6, 6.07) is -0.658. The molecule has 0 aromatic heterocycles. The molecular formula is C12H22F3N3O2S. The van der Waals surface area contributed by atoms with Crippen molar-refractivity contribution in [1.29, 1.82) is 0 Å². The molecule has 0 aliphatic carbocycles. The molecular weight excluding hydrogens is 307 g/mol. The van der Waals surface area contributed by atoms with E-state index < -0.39 is 23.5 Å². The summed E-state index contributed by atoms with van der Waals surface area (Å²) in [7, 11) is -1.02. The van der Waals surface area contributed by atoms with Crippen molar-refractivity contribution in [2.24, 2.45) is 0 Å². The van der Waals surface area contributed by atoms with E-state index in [2.05, 4.69) is 5.32 Å². The highest BCUT2D eigenvalue weighted by atomic mass is 32.2. The monoisotopic (exact) mass is 329 g/mol. The lowest BCUT2D eigenvalue weighted by Gasteiger charge is -2.40. The first-order chi connectivity index (χ1) is 9.60. The maximum absolute atomic E-state index is 12.4. The maximum Gasteiger partial charge on any atom is 0.401 e. The number of urea groups is 1. The van der Waals surface area contributed by atoms with Gasteiger partial charge in [-0.05, 0) is 13.8 Å². The van der Waals surface area contributed by atoms with Gasteiger partial charge in [0.2, 0.25) is 0 Å². The second-order valence-electron chi connectivity index (χ2n) is 5.38. The quantitative estimate of drug-likeness (QED) is 0.838. The van der Waals surface area contributed by atoms with E-state index in [-0.39, 0.29) is 37.0 Å². The van der Waals surface area contributed by atoms with Gasteiger partial charge in [-0.3, -0.25) is 9.11 Å². The van der Waals surface area contributed by atoms with Crippen molar-refractivity contribution < 1.29 is 22.2 Å². The summed E-state index contributed by atoms with van der Waals surface area (Å²) in [6.45, 7) is 3.49.